The summed E-state index contributed by atoms with van der Waals surface area (Å²) < 4.78 is 5.54. The zero-order valence-electron chi connectivity index (χ0n) is 11.3. The van der Waals surface area contributed by atoms with Crippen molar-refractivity contribution in [3.05, 3.63) is 23.2 Å². The van der Waals surface area contributed by atoms with Crippen molar-refractivity contribution in [2.24, 2.45) is 5.92 Å². The van der Waals surface area contributed by atoms with E-state index in [0.717, 1.165) is 24.2 Å². The van der Waals surface area contributed by atoms with Gasteiger partial charge in [-0.1, -0.05) is 6.92 Å². The number of amides is 1. The van der Waals surface area contributed by atoms with Gasteiger partial charge in [-0.05, 0) is 25.8 Å². The lowest BCUT2D eigenvalue weighted by molar-refractivity contribution is -0.143. The van der Waals surface area contributed by atoms with Crippen molar-refractivity contribution in [1.82, 2.24) is 4.90 Å². The Morgan fingerprint density at radius 2 is 2.26 bits per heavy atom. The van der Waals surface area contributed by atoms with Crippen LogP contribution in [0, 0.1) is 12.8 Å². The number of nitrogens with zero attached hydrogens (tertiary/aromatic N) is 1. The van der Waals surface area contributed by atoms with Crippen LogP contribution in [0.2, 0.25) is 0 Å². The van der Waals surface area contributed by atoms with E-state index in [9.17, 15) is 9.59 Å². The quantitative estimate of drug-likeness (QED) is 0.908. The number of carbonyl (C=O) groups is 2. The van der Waals surface area contributed by atoms with E-state index >= 15 is 0 Å². The topological polar surface area (TPSA) is 70.8 Å². The summed E-state index contributed by atoms with van der Waals surface area (Å²) in [6.07, 6.45) is 2.10. The van der Waals surface area contributed by atoms with Crippen LogP contribution in [0.3, 0.4) is 0 Å². The number of aryl methyl sites for hydroxylation is 2. The monoisotopic (exact) mass is 265 g/mol. The Morgan fingerprint density at radius 3 is 2.84 bits per heavy atom. The first kappa shape index (κ1) is 13.6. The normalized spacial score (nSPS) is 19.5. The van der Waals surface area contributed by atoms with Gasteiger partial charge in [-0.15, -0.1) is 0 Å². The molecule has 1 saturated heterocycles. The third-order valence-corrected chi connectivity index (χ3v) is 3.57. The second kappa shape index (κ2) is 5.47. The molecule has 5 heteroatoms. The first-order valence-electron chi connectivity index (χ1n) is 6.64. The van der Waals surface area contributed by atoms with Crippen LogP contribution < -0.4 is 0 Å². The Kier molecular flexibility index (Phi) is 3.93. The Morgan fingerprint density at radius 1 is 1.53 bits per heavy atom. The van der Waals surface area contributed by atoms with Gasteiger partial charge in [0, 0.05) is 25.1 Å². The molecule has 0 radical (unpaired) electrons. The summed E-state index contributed by atoms with van der Waals surface area (Å²) in [6.45, 7) is 4.68. The van der Waals surface area contributed by atoms with Crippen molar-refractivity contribution < 1.29 is 19.1 Å². The van der Waals surface area contributed by atoms with E-state index in [1.54, 1.807) is 4.90 Å². The van der Waals surface area contributed by atoms with Gasteiger partial charge < -0.3 is 14.4 Å². The third-order valence-electron chi connectivity index (χ3n) is 3.57. The number of hydrogen-bond acceptors (Lipinski definition) is 3. The van der Waals surface area contributed by atoms with Crippen LogP contribution in [0.25, 0.3) is 0 Å². The average Bonchev–Trinajstić information content (AvgIpc) is 2.79. The lowest BCUT2D eigenvalue weighted by atomic mass is 9.98. The lowest BCUT2D eigenvalue weighted by Gasteiger charge is -2.30. The molecule has 1 amide bonds. The lowest BCUT2D eigenvalue weighted by Crippen LogP contribution is -2.42. The van der Waals surface area contributed by atoms with Gasteiger partial charge in [0.25, 0.3) is 5.91 Å². The molecule has 0 aliphatic carbocycles. The third kappa shape index (κ3) is 2.80. The number of carboxylic acids is 1. The van der Waals surface area contributed by atoms with Gasteiger partial charge in [0.2, 0.25) is 0 Å². The summed E-state index contributed by atoms with van der Waals surface area (Å²) in [6, 6.07) is 1.87. The smallest absolute Gasteiger partial charge is 0.308 e. The number of carboxylic acid groups (broad SMARTS) is 1. The molecule has 2 rings (SSSR count). The number of aliphatic carboxylic acids is 1. The molecule has 0 saturated carbocycles. The summed E-state index contributed by atoms with van der Waals surface area (Å²) in [4.78, 5) is 25.0. The summed E-state index contributed by atoms with van der Waals surface area (Å²) >= 11 is 0. The van der Waals surface area contributed by atoms with Gasteiger partial charge in [-0.3, -0.25) is 9.59 Å². The van der Waals surface area contributed by atoms with Crippen molar-refractivity contribution in [3.63, 3.8) is 0 Å². The van der Waals surface area contributed by atoms with E-state index in [2.05, 4.69) is 0 Å². The molecule has 0 bridgehead atoms. The summed E-state index contributed by atoms with van der Waals surface area (Å²) in [5.74, 6) is -0.347. The van der Waals surface area contributed by atoms with Gasteiger partial charge in [-0.25, -0.2) is 0 Å². The summed E-state index contributed by atoms with van der Waals surface area (Å²) in [5, 5.41) is 9.04. The van der Waals surface area contributed by atoms with Gasteiger partial charge in [0.05, 0.1) is 5.92 Å². The molecule has 2 heterocycles. The van der Waals surface area contributed by atoms with Crippen molar-refractivity contribution in [2.75, 3.05) is 13.1 Å². The van der Waals surface area contributed by atoms with Crippen molar-refractivity contribution >= 4 is 11.9 Å². The molecule has 1 atom stereocenters. The molecule has 0 aromatic carbocycles. The number of likely N-dealkylation sites (tertiary alicyclic amines) is 1. The van der Waals surface area contributed by atoms with E-state index in [1.165, 1.54) is 0 Å². The van der Waals surface area contributed by atoms with Gasteiger partial charge in [0.1, 0.15) is 5.76 Å². The molecule has 1 aliphatic rings. The van der Waals surface area contributed by atoms with Crippen molar-refractivity contribution in [3.8, 4) is 0 Å². The number of hydrogen-bond donors (Lipinski definition) is 1. The molecule has 1 aliphatic heterocycles. The fourth-order valence-electron chi connectivity index (χ4n) is 2.44. The van der Waals surface area contributed by atoms with Crippen LogP contribution in [0.5, 0.6) is 0 Å². The van der Waals surface area contributed by atoms with E-state index in [0.29, 0.717) is 18.7 Å². The van der Waals surface area contributed by atoms with Crippen molar-refractivity contribution in [1.29, 1.82) is 0 Å². The van der Waals surface area contributed by atoms with Gasteiger partial charge >= 0.3 is 5.97 Å². The minimum absolute atomic E-state index is 0.192. The number of carbonyl (C=O) groups excluding carboxylic acids is 1. The fraction of sp³-hybridized carbons (Fsp3) is 0.571. The standard InChI is InChI=1S/C14H19NO4/c1-3-11-7-9(2)12(19-11)13(16)15-6-4-5-10(8-15)14(17)18/h7,10H,3-6,8H2,1-2H3,(H,17,18). The van der Waals surface area contributed by atoms with E-state index in [1.807, 2.05) is 19.9 Å². The Hall–Kier alpha value is -1.78. The summed E-state index contributed by atoms with van der Waals surface area (Å²) in [5.41, 5.74) is 0.819. The molecule has 19 heavy (non-hydrogen) atoms. The molecule has 104 valence electrons. The largest absolute Gasteiger partial charge is 0.481 e. The summed E-state index contributed by atoms with van der Waals surface area (Å²) in [7, 11) is 0. The predicted octanol–water partition coefficient (Wildman–Crippen LogP) is 2.09. The number of rotatable bonds is 3. The molecule has 1 aromatic heterocycles. The van der Waals surface area contributed by atoms with Crippen LogP contribution in [0.4, 0.5) is 0 Å². The van der Waals surface area contributed by atoms with Crippen LogP contribution in [0.1, 0.15) is 41.6 Å². The van der Waals surface area contributed by atoms with Crippen LogP contribution in [0.15, 0.2) is 10.5 Å². The highest BCUT2D eigenvalue weighted by Crippen LogP contribution is 2.22. The second-order valence-corrected chi connectivity index (χ2v) is 5.01. The minimum atomic E-state index is -0.831. The molecule has 5 nitrogen and oxygen atoms in total. The average molecular weight is 265 g/mol. The Bertz CT molecular complexity index is 492. The minimum Gasteiger partial charge on any atom is -0.481 e. The van der Waals surface area contributed by atoms with Gasteiger partial charge in [0.15, 0.2) is 5.76 Å². The highest BCUT2D eigenvalue weighted by Gasteiger charge is 2.30. The second-order valence-electron chi connectivity index (χ2n) is 5.01. The molecular weight excluding hydrogens is 246 g/mol. The highest BCUT2D eigenvalue weighted by molar-refractivity contribution is 5.93. The van der Waals surface area contributed by atoms with Crippen LogP contribution in [-0.4, -0.2) is 35.0 Å². The van der Waals surface area contributed by atoms with E-state index < -0.39 is 11.9 Å². The Labute approximate surface area is 112 Å². The molecule has 1 aromatic rings. The maximum Gasteiger partial charge on any atom is 0.308 e. The number of piperidine rings is 1. The first-order valence-corrected chi connectivity index (χ1v) is 6.64. The zero-order valence-corrected chi connectivity index (χ0v) is 11.3. The van der Waals surface area contributed by atoms with Crippen LogP contribution in [-0.2, 0) is 11.2 Å². The maximum atomic E-state index is 12.4. The van der Waals surface area contributed by atoms with Gasteiger partial charge in [-0.2, -0.15) is 0 Å². The van der Waals surface area contributed by atoms with E-state index in [4.69, 9.17) is 9.52 Å². The molecule has 1 fully saturated rings. The van der Waals surface area contributed by atoms with Crippen LogP contribution >= 0.6 is 0 Å². The molecule has 1 N–H and O–H groups in total. The fourth-order valence-corrected chi connectivity index (χ4v) is 2.44. The Balaban J connectivity index is 2.14. The maximum absolute atomic E-state index is 12.4. The molecule has 1 unspecified atom stereocenters. The van der Waals surface area contributed by atoms with Crippen molar-refractivity contribution in [2.45, 2.75) is 33.1 Å². The highest BCUT2D eigenvalue weighted by atomic mass is 16.4. The first-order chi connectivity index (χ1) is 9.02. The number of furan rings is 1. The SMILES string of the molecule is CCc1cc(C)c(C(=O)N2CCCC(C(=O)O)C2)o1. The predicted molar refractivity (Wildman–Crippen MR) is 69.1 cm³/mol. The van der Waals surface area contributed by atoms with E-state index in [-0.39, 0.29) is 12.5 Å². The molecular formula is C14H19NO4. The molecule has 0 spiro atoms. The zero-order chi connectivity index (χ0) is 14.0.